The van der Waals surface area contributed by atoms with Crippen LogP contribution in [0.5, 0.6) is 0 Å². The van der Waals surface area contributed by atoms with Gasteiger partial charge in [0.1, 0.15) is 17.5 Å². The van der Waals surface area contributed by atoms with Crippen molar-refractivity contribution >= 4 is 11.8 Å². The lowest BCUT2D eigenvalue weighted by Gasteiger charge is -2.07. The van der Waals surface area contributed by atoms with Gasteiger partial charge in [-0.05, 0) is 24.3 Å². The maximum atomic E-state index is 13.4. The average molecular weight is 279 g/mol. The van der Waals surface area contributed by atoms with Crippen molar-refractivity contribution in [2.24, 2.45) is 0 Å². The number of rotatable bonds is 4. The van der Waals surface area contributed by atoms with Gasteiger partial charge in [0.15, 0.2) is 0 Å². The Hall–Kier alpha value is -2.57. The van der Waals surface area contributed by atoms with Gasteiger partial charge in [0, 0.05) is 18.3 Å². The van der Waals surface area contributed by atoms with Gasteiger partial charge in [-0.15, -0.1) is 0 Å². The summed E-state index contributed by atoms with van der Waals surface area (Å²) in [6.45, 7) is 0.0290. The van der Waals surface area contributed by atoms with Crippen molar-refractivity contribution < 1.29 is 18.3 Å². The van der Waals surface area contributed by atoms with E-state index in [9.17, 15) is 13.6 Å². The van der Waals surface area contributed by atoms with Crippen molar-refractivity contribution in [3.63, 3.8) is 0 Å². The van der Waals surface area contributed by atoms with Gasteiger partial charge in [-0.3, -0.25) is 0 Å². The largest absolute Gasteiger partial charge is 0.463 e. The fourth-order valence-corrected chi connectivity index (χ4v) is 1.51. The van der Waals surface area contributed by atoms with E-state index in [4.69, 9.17) is 0 Å². The second-order valence-corrected chi connectivity index (χ2v) is 3.85. The number of ether oxygens (including phenoxy) is 1. The second-order valence-electron chi connectivity index (χ2n) is 3.85. The third kappa shape index (κ3) is 3.25. The molecule has 0 aliphatic heterocycles. The highest BCUT2D eigenvalue weighted by molar-refractivity contribution is 5.85. The first kappa shape index (κ1) is 13.9. The lowest BCUT2D eigenvalue weighted by Crippen LogP contribution is -2.10. The maximum absolute atomic E-state index is 13.4. The van der Waals surface area contributed by atoms with Crippen LogP contribution in [-0.2, 0) is 11.3 Å². The number of halogens is 2. The lowest BCUT2D eigenvalue weighted by molar-refractivity contribution is 0.0587. The van der Waals surface area contributed by atoms with Gasteiger partial charge in [-0.25, -0.2) is 23.5 Å². The van der Waals surface area contributed by atoms with E-state index in [-0.39, 0.29) is 17.9 Å². The molecule has 2 aromatic rings. The van der Waals surface area contributed by atoms with Crippen LogP contribution >= 0.6 is 0 Å². The molecule has 104 valence electrons. The molecule has 0 saturated heterocycles. The molecule has 5 nitrogen and oxygen atoms in total. The second kappa shape index (κ2) is 6.05. The molecule has 20 heavy (non-hydrogen) atoms. The zero-order valence-corrected chi connectivity index (χ0v) is 10.6. The van der Waals surface area contributed by atoms with E-state index in [1.165, 1.54) is 19.4 Å². The minimum atomic E-state index is -0.675. The summed E-state index contributed by atoms with van der Waals surface area (Å²) in [6.07, 6.45) is 1.36. The number of anilines is 1. The van der Waals surface area contributed by atoms with E-state index in [2.05, 4.69) is 20.0 Å². The van der Waals surface area contributed by atoms with E-state index >= 15 is 0 Å². The molecular weight excluding hydrogens is 268 g/mol. The van der Waals surface area contributed by atoms with E-state index in [1.807, 2.05) is 0 Å². The van der Waals surface area contributed by atoms with Crippen LogP contribution < -0.4 is 5.32 Å². The third-order valence-corrected chi connectivity index (χ3v) is 2.49. The third-order valence-electron chi connectivity index (χ3n) is 2.49. The first-order chi connectivity index (χ1) is 9.60. The summed E-state index contributed by atoms with van der Waals surface area (Å²) in [5, 5.41) is 2.78. The highest BCUT2D eigenvalue weighted by atomic mass is 19.1. The van der Waals surface area contributed by atoms with Crippen LogP contribution in [0, 0.1) is 11.6 Å². The molecule has 7 heteroatoms. The number of aromatic nitrogens is 2. The number of carbonyl (C=O) groups excluding carboxylic acids is 1. The van der Waals surface area contributed by atoms with Crippen LogP contribution in [0.15, 0.2) is 30.5 Å². The normalized spacial score (nSPS) is 10.2. The van der Waals surface area contributed by atoms with E-state index in [1.54, 1.807) is 0 Å². The molecule has 0 aliphatic carbocycles. The summed E-state index contributed by atoms with van der Waals surface area (Å²) in [7, 11) is 1.22. The fourth-order valence-electron chi connectivity index (χ4n) is 1.51. The highest BCUT2D eigenvalue weighted by Crippen LogP contribution is 2.12. The Labute approximate surface area is 113 Å². The number of benzene rings is 1. The van der Waals surface area contributed by atoms with Crippen LogP contribution in [-0.4, -0.2) is 23.0 Å². The van der Waals surface area contributed by atoms with Crippen molar-refractivity contribution in [1.29, 1.82) is 0 Å². The summed E-state index contributed by atoms with van der Waals surface area (Å²) in [5.41, 5.74) is 0.156. The number of hydrogen-bond acceptors (Lipinski definition) is 5. The van der Waals surface area contributed by atoms with Gasteiger partial charge in [-0.1, -0.05) is 0 Å². The first-order valence-electron chi connectivity index (χ1n) is 5.69. The van der Waals surface area contributed by atoms with Gasteiger partial charge in [-0.2, -0.15) is 0 Å². The SMILES string of the molecule is COC(=O)c1nccc(NCc2cc(F)ccc2F)n1. The Morgan fingerprint density at radius 2 is 2.15 bits per heavy atom. The number of hydrogen-bond donors (Lipinski definition) is 1. The predicted molar refractivity (Wildman–Crippen MR) is 67.1 cm³/mol. The number of nitrogens with one attached hydrogen (secondary N) is 1. The van der Waals surface area contributed by atoms with Crippen LogP contribution in [0.25, 0.3) is 0 Å². The smallest absolute Gasteiger partial charge is 0.376 e. The highest BCUT2D eigenvalue weighted by Gasteiger charge is 2.10. The Bertz CT molecular complexity index is 635. The molecule has 0 radical (unpaired) electrons. The molecule has 0 spiro atoms. The standard InChI is InChI=1S/C13H11F2N3O2/c1-20-13(19)12-16-5-4-11(18-12)17-7-8-6-9(14)2-3-10(8)15/h2-6H,7H2,1H3,(H,16,17,18). The minimum absolute atomic E-state index is 0.0290. The zero-order valence-electron chi connectivity index (χ0n) is 10.6. The van der Waals surface area contributed by atoms with Crippen LogP contribution in [0.3, 0.4) is 0 Å². The summed E-state index contributed by atoms with van der Waals surface area (Å²) in [4.78, 5) is 18.9. The molecule has 1 aromatic carbocycles. The van der Waals surface area contributed by atoms with Crippen molar-refractivity contribution in [1.82, 2.24) is 9.97 Å². The van der Waals surface area contributed by atoms with Crippen molar-refractivity contribution in [3.05, 3.63) is 53.5 Å². The van der Waals surface area contributed by atoms with Crippen LogP contribution in [0.2, 0.25) is 0 Å². The molecule has 0 unspecified atom stereocenters. The Kier molecular flexibility index (Phi) is 4.19. The number of methoxy groups -OCH3 is 1. The fraction of sp³-hybridized carbons (Fsp3) is 0.154. The molecule has 1 aromatic heterocycles. The van der Waals surface area contributed by atoms with E-state index in [0.29, 0.717) is 5.82 Å². The van der Waals surface area contributed by atoms with Crippen molar-refractivity contribution in [3.8, 4) is 0 Å². The molecule has 0 bridgehead atoms. The van der Waals surface area contributed by atoms with Gasteiger partial charge in [0.2, 0.25) is 5.82 Å². The van der Waals surface area contributed by atoms with Crippen molar-refractivity contribution in [2.45, 2.75) is 6.54 Å². The molecule has 0 atom stereocenters. The van der Waals surface area contributed by atoms with Gasteiger partial charge in [0.05, 0.1) is 7.11 Å². The lowest BCUT2D eigenvalue weighted by atomic mass is 10.2. The van der Waals surface area contributed by atoms with Crippen LogP contribution in [0.1, 0.15) is 16.2 Å². The number of esters is 1. The maximum Gasteiger partial charge on any atom is 0.376 e. The summed E-state index contributed by atoms with van der Waals surface area (Å²) in [6, 6.07) is 4.68. The first-order valence-corrected chi connectivity index (χ1v) is 5.69. The topological polar surface area (TPSA) is 64.1 Å². The molecule has 2 rings (SSSR count). The Morgan fingerprint density at radius 3 is 2.90 bits per heavy atom. The molecular formula is C13H11F2N3O2. The summed E-state index contributed by atoms with van der Waals surface area (Å²) in [5.74, 6) is -1.53. The number of nitrogens with zero attached hydrogens (tertiary/aromatic N) is 2. The van der Waals surface area contributed by atoms with E-state index in [0.717, 1.165) is 18.2 Å². The molecule has 0 amide bonds. The van der Waals surface area contributed by atoms with Gasteiger partial charge >= 0.3 is 5.97 Å². The summed E-state index contributed by atoms with van der Waals surface area (Å²) >= 11 is 0. The number of carbonyl (C=O) groups is 1. The molecule has 0 fully saturated rings. The van der Waals surface area contributed by atoms with Crippen molar-refractivity contribution in [2.75, 3.05) is 12.4 Å². The van der Waals surface area contributed by atoms with E-state index < -0.39 is 17.6 Å². The Balaban J connectivity index is 2.11. The quantitative estimate of drug-likeness (QED) is 0.869. The average Bonchev–Trinajstić information content (AvgIpc) is 2.47. The predicted octanol–water partition coefficient (Wildman–Crippen LogP) is 2.15. The van der Waals surface area contributed by atoms with Gasteiger partial charge in [0.25, 0.3) is 0 Å². The van der Waals surface area contributed by atoms with Gasteiger partial charge < -0.3 is 10.1 Å². The summed E-state index contributed by atoms with van der Waals surface area (Å²) < 4.78 is 30.9. The molecule has 1 heterocycles. The molecule has 0 saturated carbocycles. The molecule has 1 N–H and O–H groups in total. The van der Waals surface area contributed by atoms with Crippen LogP contribution in [0.4, 0.5) is 14.6 Å². The Morgan fingerprint density at radius 1 is 1.35 bits per heavy atom. The molecule has 0 aliphatic rings. The minimum Gasteiger partial charge on any atom is -0.463 e. The monoisotopic (exact) mass is 279 g/mol. The zero-order chi connectivity index (χ0) is 14.5.